The molecule has 2 N–H and O–H groups in total. The average molecular weight is 276 g/mol. The van der Waals surface area contributed by atoms with E-state index in [-0.39, 0.29) is 6.04 Å². The molecule has 0 fully saturated rings. The van der Waals surface area contributed by atoms with E-state index in [0.29, 0.717) is 5.82 Å². The maximum absolute atomic E-state index is 5.97. The number of hydrogen-bond donors (Lipinski definition) is 1. The van der Waals surface area contributed by atoms with Crippen LogP contribution in [0.2, 0.25) is 0 Å². The summed E-state index contributed by atoms with van der Waals surface area (Å²) in [5, 5.41) is 8.38. The largest absolute Gasteiger partial charge is 0.381 e. The summed E-state index contributed by atoms with van der Waals surface area (Å²) in [5.41, 5.74) is 12.0. The summed E-state index contributed by atoms with van der Waals surface area (Å²) in [6.45, 7) is 2.08. The van der Waals surface area contributed by atoms with Gasteiger partial charge in [0.2, 0.25) is 0 Å². The molecule has 3 aromatic rings. The molecular weight excluding hydrogens is 260 g/mol. The van der Waals surface area contributed by atoms with Gasteiger partial charge in [0.1, 0.15) is 6.04 Å². The summed E-state index contributed by atoms with van der Waals surface area (Å²) in [6, 6.07) is 17.0. The maximum atomic E-state index is 5.97. The number of nitrogen functional groups attached to an aromatic ring is 1. The van der Waals surface area contributed by atoms with E-state index < -0.39 is 0 Å². The number of hydrogen-bond acceptors (Lipinski definition) is 3. The van der Waals surface area contributed by atoms with Crippen LogP contribution in [0.1, 0.15) is 29.8 Å². The average Bonchev–Trinajstić information content (AvgIpc) is 3.05. The van der Waals surface area contributed by atoms with Crippen LogP contribution in [0, 0.1) is 0 Å². The van der Waals surface area contributed by atoms with E-state index in [9.17, 15) is 0 Å². The van der Waals surface area contributed by atoms with E-state index in [1.807, 2.05) is 4.68 Å². The molecule has 1 aliphatic carbocycles. The van der Waals surface area contributed by atoms with E-state index in [0.717, 1.165) is 12.1 Å². The van der Waals surface area contributed by atoms with Crippen LogP contribution >= 0.6 is 0 Å². The second-order valence-electron chi connectivity index (χ2n) is 5.30. The van der Waals surface area contributed by atoms with E-state index in [1.165, 1.54) is 22.3 Å². The van der Waals surface area contributed by atoms with Crippen molar-refractivity contribution in [3.05, 3.63) is 65.4 Å². The minimum absolute atomic E-state index is 0.0668. The zero-order chi connectivity index (χ0) is 14.4. The fourth-order valence-electron chi connectivity index (χ4n) is 3.27. The van der Waals surface area contributed by atoms with Gasteiger partial charge < -0.3 is 5.73 Å². The van der Waals surface area contributed by atoms with Crippen LogP contribution < -0.4 is 5.73 Å². The Morgan fingerprint density at radius 2 is 1.57 bits per heavy atom. The Bertz CT molecular complexity index is 774. The predicted molar refractivity (Wildman–Crippen MR) is 82.9 cm³/mol. The lowest BCUT2D eigenvalue weighted by atomic mass is 10.1. The van der Waals surface area contributed by atoms with Gasteiger partial charge in [-0.05, 0) is 28.7 Å². The Hall–Kier alpha value is -2.62. The van der Waals surface area contributed by atoms with Crippen molar-refractivity contribution in [2.75, 3.05) is 5.73 Å². The normalized spacial score (nSPS) is 13.2. The van der Waals surface area contributed by atoms with Gasteiger partial charge in [-0.2, -0.15) is 0 Å². The summed E-state index contributed by atoms with van der Waals surface area (Å²) >= 11 is 0. The van der Waals surface area contributed by atoms with Crippen LogP contribution in [-0.4, -0.2) is 15.0 Å². The van der Waals surface area contributed by atoms with Gasteiger partial charge in [-0.25, -0.2) is 4.68 Å². The fourth-order valence-corrected chi connectivity index (χ4v) is 3.27. The fraction of sp³-hybridized carbons (Fsp3) is 0.176. The minimum atomic E-state index is 0.0668. The molecule has 4 rings (SSSR count). The molecule has 0 atom stereocenters. The number of nitrogens with two attached hydrogens (primary N) is 1. The zero-order valence-electron chi connectivity index (χ0n) is 11.8. The first-order valence-corrected chi connectivity index (χ1v) is 7.19. The lowest BCUT2D eigenvalue weighted by Crippen LogP contribution is -2.14. The molecule has 1 aromatic heterocycles. The highest BCUT2D eigenvalue weighted by Gasteiger charge is 2.31. The third-order valence-electron chi connectivity index (χ3n) is 4.20. The number of rotatable bonds is 2. The van der Waals surface area contributed by atoms with Crippen molar-refractivity contribution in [1.82, 2.24) is 15.0 Å². The summed E-state index contributed by atoms with van der Waals surface area (Å²) in [4.78, 5) is 0. The van der Waals surface area contributed by atoms with Gasteiger partial charge >= 0.3 is 0 Å². The first-order chi connectivity index (χ1) is 10.3. The van der Waals surface area contributed by atoms with Crippen molar-refractivity contribution in [2.45, 2.75) is 19.4 Å². The van der Waals surface area contributed by atoms with Crippen molar-refractivity contribution < 1.29 is 0 Å². The molecule has 1 aliphatic rings. The third-order valence-corrected chi connectivity index (χ3v) is 4.20. The summed E-state index contributed by atoms with van der Waals surface area (Å²) in [6.07, 6.45) is 0.819. The molecule has 2 aromatic carbocycles. The van der Waals surface area contributed by atoms with Gasteiger partial charge in [-0.15, -0.1) is 5.10 Å². The Labute approximate surface area is 123 Å². The van der Waals surface area contributed by atoms with Crippen molar-refractivity contribution in [3.63, 3.8) is 0 Å². The molecule has 0 aliphatic heterocycles. The Balaban J connectivity index is 2.01. The number of fused-ring (bicyclic) bond motifs is 3. The van der Waals surface area contributed by atoms with Crippen LogP contribution in [-0.2, 0) is 6.42 Å². The molecule has 104 valence electrons. The number of anilines is 1. The topological polar surface area (TPSA) is 56.7 Å². The maximum Gasteiger partial charge on any atom is 0.169 e. The lowest BCUT2D eigenvalue weighted by Gasteiger charge is -2.16. The van der Waals surface area contributed by atoms with Gasteiger partial charge in [0.15, 0.2) is 5.82 Å². The molecule has 4 nitrogen and oxygen atoms in total. The standard InChI is InChI=1S/C17H16N4/c1-2-15-17(18)19-20-21(15)16-13-9-5-3-7-11(13)12-8-4-6-10-14(12)16/h3-10,16H,2,18H2,1H3. The zero-order valence-corrected chi connectivity index (χ0v) is 11.8. The highest BCUT2D eigenvalue weighted by Crippen LogP contribution is 2.45. The second-order valence-corrected chi connectivity index (χ2v) is 5.30. The van der Waals surface area contributed by atoms with Gasteiger partial charge in [0, 0.05) is 0 Å². The first-order valence-electron chi connectivity index (χ1n) is 7.19. The molecular formula is C17H16N4. The third kappa shape index (κ3) is 1.62. The summed E-state index contributed by atoms with van der Waals surface area (Å²) in [5.74, 6) is 0.527. The van der Waals surface area contributed by atoms with Gasteiger partial charge in [0.25, 0.3) is 0 Å². The van der Waals surface area contributed by atoms with E-state index in [2.05, 4.69) is 65.8 Å². The van der Waals surface area contributed by atoms with E-state index >= 15 is 0 Å². The molecule has 0 spiro atoms. The number of benzene rings is 2. The minimum Gasteiger partial charge on any atom is -0.381 e. The molecule has 1 heterocycles. The van der Waals surface area contributed by atoms with E-state index in [4.69, 9.17) is 5.73 Å². The van der Waals surface area contributed by atoms with Crippen molar-refractivity contribution in [3.8, 4) is 11.1 Å². The highest BCUT2D eigenvalue weighted by molar-refractivity contribution is 5.78. The molecule has 0 saturated carbocycles. The van der Waals surface area contributed by atoms with Gasteiger partial charge in [0.05, 0.1) is 5.69 Å². The molecule has 0 saturated heterocycles. The van der Waals surface area contributed by atoms with Gasteiger partial charge in [-0.3, -0.25) is 0 Å². The molecule has 0 amide bonds. The summed E-state index contributed by atoms with van der Waals surface area (Å²) < 4.78 is 1.97. The SMILES string of the molecule is CCc1c(N)nnn1C1c2ccccc2-c2ccccc21. The number of aromatic nitrogens is 3. The monoisotopic (exact) mass is 276 g/mol. The van der Waals surface area contributed by atoms with Crippen LogP contribution in [0.15, 0.2) is 48.5 Å². The lowest BCUT2D eigenvalue weighted by molar-refractivity contribution is 0.558. The molecule has 21 heavy (non-hydrogen) atoms. The first kappa shape index (κ1) is 12.1. The Morgan fingerprint density at radius 1 is 1.00 bits per heavy atom. The number of nitrogens with zero attached hydrogens (tertiary/aromatic N) is 3. The Morgan fingerprint density at radius 3 is 2.14 bits per heavy atom. The van der Waals surface area contributed by atoms with Gasteiger partial charge in [-0.1, -0.05) is 60.7 Å². The molecule has 4 heteroatoms. The van der Waals surface area contributed by atoms with Crippen LogP contribution in [0.3, 0.4) is 0 Å². The second kappa shape index (κ2) is 4.45. The van der Waals surface area contributed by atoms with Crippen LogP contribution in [0.5, 0.6) is 0 Å². The van der Waals surface area contributed by atoms with Crippen LogP contribution in [0.4, 0.5) is 5.82 Å². The summed E-state index contributed by atoms with van der Waals surface area (Å²) in [7, 11) is 0. The van der Waals surface area contributed by atoms with Crippen molar-refractivity contribution in [1.29, 1.82) is 0 Å². The quantitative estimate of drug-likeness (QED) is 0.612. The molecule has 0 unspecified atom stereocenters. The van der Waals surface area contributed by atoms with Crippen LogP contribution in [0.25, 0.3) is 11.1 Å². The Kier molecular flexibility index (Phi) is 2.57. The predicted octanol–water partition coefficient (Wildman–Crippen LogP) is 3.04. The van der Waals surface area contributed by atoms with E-state index in [1.54, 1.807) is 0 Å². The smallest absolute Gasteiger partial charge is 0.169 e. The highest BCUT2D eigenvalue weighted by atomic mass is 15.5. The molecule has 0 radical (unpaired) electrons. The van der Waals surface area contributed by atoms with Crippen molar-refractivity contribution in [2.24, 2.45) is 0 Å². The molecule has 0 bridgehead atoms. The van der Waals surface area contributed by atoms with Crippen molar-refractivity contribution >= 4 is 5.82 Å².